The maximum absolute atomic E-state index is 11.2. The van der Waals surface area contributed by atoms with Gasteiger partial charge in [0.25, 0.3) is 0 Å². The summed E-state index contributed by atoms with van der Waals surface area (Å²) < 4.78 is 2.52. The monoisotopic (exact) mass is 502 g/mol. The predicted molar refractivity (Wildman–Crippen MR) is 155 cm³/mol. The summed E-state index contributed by atoms with van der Waals surface area (Å²) in [5.74, 6) is -0.891. The summed E-state index contributed by atoms with van der Waals surface area (Å²) >= 11 is 0. The number of nitrogens with two attached hydrogens (primary N) is 1. The molecule has 5 aromatic rings. The average molecular weight is 503 g/mol. The van der Waals surface area contributed by atoms with Crippen LogP contribution in [0.2, 0.25) is 0 Å². The third-order valence-electron chi connectivity index (χ3n) is 7.34. The van der Waals surface area contributed by atoms with E-state index in [0.717, 1.165) is 31.2 Å². The van der Waals surface area contributed by atoms with Crippen molar-refractivity contribution in [3.05, 3.63) is 142 Å². The fourth-order valence-electron chi connectivity index (χ4n) is 5.57. The van der Waals surface area contributed by atoms with Gasteiger partial charge in [-0.2, -0.15) is 0 Å². The molecule has 0 aliphatic rings. The molecule has 192 valence electrons. The van der Waals surface area contributed by atoms with Crippen LogP contribution in [0.3, 0.4) is 0 Å². The second kappa shape index (κ2) is 11.5. The fourth-order valence-corrected chi connectivity index (χ4v) is 5.57. The van der Waals surface area contributed by atoms with Crippen molar-refractivity contribution in [1.29, 1.82) is 0 Å². The molecular weight excluding hydrogens is 468 g/mol. The van der Waals surface area contributed by atoms with E-state index in [9.17, 15) is 9.90 Å². The van der Waals surface area contributed by atoms with Gasteiger partial charge in [0.05, 0.1) is 11.6 Å². The Morgan fingerprint density at radius 1 is 0.816 bits per heavy atom. The standard InChI is InChI=1S/C34H34N2O2/c1-24-15-20-31-30(23-24)29(14-8-9-25-16-18-28(19-17-25)34(37)38)32(21-22-35)36(31)33(26-10-4-2-5-11-26)27-12-6-3-7-13-27/h2-7,10-13,15-20,23,33H,8-9,14,21-22,35H2,1H3,(H,37,38). The highest BCUT2D eigenvalue weighted by Gasteiger charge is 2.25. The molecule has 5 rings (SSSR count). The smallest absolute Gasteiger partial charge is 0.335 e. The molecule has 0 fully saturated rings. The molecule has 4 heteroatoms. The van der Waals surface area contributed by atoms with E-state index < -0.39 is 5.97 Å². The number of benzene rings is 4. The van der Waals surface area contributed by atoms with E-state index in [1.807, 2.05) is 12.1 Å². The van der Waals surface area contributed by atoms with Crippen LogP contribution in [0, 0.1) is 6.92 Å². The van der Waals surface area contributed by atoms with Crippen LogP contribution in [0.25, 0.3) is 10.9 Å². The molecule has 0 aliphatic carbocycles. The third-order valence-corrected chi connectivity index (χ3v) is 7.34. The van der Waals surface area contributed by atoms with Crippen molar-refractivity contribution in [2.75, 3.05) is 6.54 Å². The number of carbonyl (C=O) groups is 1. The number of carboxylic acids is 1. The maximum atomic E-state index is 11.2. The Kier molecular flexibility index (Phi) is 7.71. The molecule has 1 aromatic heterocycles. The van der Waals surface area contributed by atoms with E-state index >= 15 is 0 Å². The first-order valence-electron chi connectivity index (χ1n) is 13.3. The number of rotatable bonds is 10. The molecule has 38 heavy (non-hydrogen) atoms. The van der Waals surface area contributed by atoms with Crippen LogP contribution in [-0.4, -0.2) is 22.2 Å². The Labute approximate surface area is 224 Å². The van der Waals surface area contributed by atoms with Gasteiger partial charge in [-0.15, -0.1) is 0 Å². The summed E-state index contributed by atoms with van der Waals surface area (Å²) in [6, 6.07) is 35.5. The van der Waals surface area contributed by atoms with Gasteiger partial charge in [-0.25, -0.2) is 4.79 Å². The van der Waals surface area contributed by atoms with Crippen LogP contribution in [0.1, 0.15) is 56.3 Å². The molecule has 4 aromatic carbocycles. The molecule has 0 aliphatic heterocycles. The van der Waals surface area contributed by atoms with Gasteiger partial charge in [-0.05, 0) is 79.3 Å². The second-order valence-corrected chi connectivity index (χ2v) is 9.93. The third kappa shape index (κ3) is 5.27. The quantitative estimate of drug-likeness (QED) is 0.217. The first kappa shape index (κ1) is 25.5. The van der Waals surface area contributed by atoms with E-state index in [0.29, 0.717) is 12.1 Å². The highest BCUT2D eigenvalue weighted by Crippen LogP contribution is 2.37. The summed E-state index contributed by atoms with van der Waals surface area (Å²) in [7, 11) is 0. The number of hydrogen-bond donors (Lipinski definition) is 2. The van der Waals surface area contributed by atoms with E-state index in [-0.39, 0.29) is 6.04 Å². The Bertz CT molecular complexity index is 1480. The topological polar surface area (TPSA) is 68.2 Å². The summed E-state index contributed by atoms with van der Waals surface area (Å²) in [4.78, 5) is 11.2. The highest BCUT2D eigenvalue weighted by atomic mass is 16.4. The number of aromatic nitrogens is 1. The first-order valence-corrected chi connectivity index (χ1v) is 13.3. The van der Waals surface area contributed by atoms with Crippen molar-refractivity contribution < 1.29 is 9.90 Å². The predicted octanol–water partition coefficient (Wildman–Crippen LogP) is 6.96. The minimum Gasteiger partial charge on any atom is -0.478 e. The van der Waals surface area contributed by atoms with Crippen LogP contribution >= 0.6 is 0 Å². The van der Waals surface area contributed by atoms with Crippen molar-refractivity contribution in [1.82, 2.24) is 4.57 Å². The normalized spacial score (nSPS) is 11.3. The largest absolute Gasteiger partial charge is 0.478 e. The van der Waals surface area contributed by atoms with Gasteiger partial charge in [0, 0.05) is 23.0 Å². The van der Waals surface area contributed by atoms with Crippen molar-refractivity contribution >= 4 is 16.9 Å². The van der Waals surface area contributed by atoms with Crippen LogP contribution in [-0.2, 0) is 19.3 Å². The van der Waals surface area contributed by atoms with E-state index in [1.54, 1.807) is 12.1 Å². The first-order chi connectivity index (χ1) is 18.6. The lowest BCUT2D eigenvalue weighted by molar-refractivity contribution is 0.0697. The SMILES string of the molecule is Cc1ccc2c(c1)c(CCCc1ccc(C(=O)O)cc1)c(CCN)n2C(c1ccccc1)c1ccccc1. The maximum Gasteiger partial charge on any atom is 0.335 e. The van der Waals surface area contributed by atoms with Crippen LogP contribution in [0.5, 0.6) is 0 Å². The van der Waals surface area contributed by atoms with E-state index in [2.05, 4.69) is 90.4 Å². The van der Waals surface area contributed by atoms with Gasteiger partial charge in [0.1, 0.15) is 0 Å². The molecule has 3 N–H and O–H groups in total. The van der Waals surface area contributed by atoms with E-state index in [4.69, 9.17) is 5.73 Å². The van der Waals surface area contributed by atoms with Gasteiger partial charge in [0.2, 0.25) is 0 Å². The minimum absolute atomic E-state index is 0.0430. The summed E-state index contributed by atoms with van der Waals surface area (Å²) in [6.45, 7) is 2.73. The minimum atomic E-state index is -0.891. The summed E-state index contributed by atoms with van der Waals surface area (Å²) in [5.41, 5.74) is 15.3. The lowest BCUT2D eigenvalue weighted by Gasteiger charge is -2.25. The van der Waals surface area contributed by atoms with Crippen molar-refractivity contribution in [2.45, 2.75) is 38.6 Å². The summed E-state index contributed by atoms with van der Waals surface area (Å²) in [6.07, 6.45) is 3.59. The van der Waals surface area contributed by atoms with Crippen LogP contribution in [0.15, 0.2) is 103 Å². The Hall–Kier alpha value is -4.15. The Balaban J connectivity index is 1.59. The Morgan fingerprint density at radius 3 is 2.03 bits per heavy atom. The van der Waals surface area contributed by atoms with Gasteiger partial charge >= 0.3 is 5.97 Å². The van der Waals surface area contributed by atoms with Gasteiger partial charge < -0.3 is 15.4 Å². The number of nitrogens with zero attached hydrogens (tertiary/aromatic N) is 1. The van der Waals surface area contributed by atoms with E-state index in [1.165, 1.54) is 38.9 Å². The number of aromatic carboxylic acids is 1. The number of hydrogen-bond acceptors (Lipinski definition) is 2. The zero-order valence-corrected chi connectivity index (χ0v) is 21.8. The average Bonchev–Trinajstić information content (AvgIpc) is 3.22. The second-order valence-electron chi connectivity index (χ2n) is 9.93. The zero-order valence-electron chi connectivity index (χ0n) is 21.8. The number of carboxylic acid groups (broad SMARTS) is 1. The molecule has 0 atom stereocenters. The molecule has 0 spiro atoms. The number of aryl methyl sites for hydroxylation is 3. The highest BCUT2D eigenvalue weighted by molar-refractivity contribution is 5.88. The summed E-state index contributed by atoms with van der Waals surface area (Å²) in [5, 5.41) is 10.5. The van der Waals surface area contributed by atoms with Gasteiger partial charge in [-0.3, -0.25) is 0 Å². The molecule has 0 unspecified atom stereocenters. The zero-order chi connectivity index (χ0) is 26.5. The lowest BCUT2D eigenvalue weighted by Crippen LogP contribution is -2.18. The Morgan fingerprint density at radius 2 is 1.45 bits per heavy atom. The van der Waals surface area contributed by atoms with Crippen molar-refractivity contribution in [3.63, 3.8) is 0 Å². The fraction of sp³-hybridized carbons (Fsp3) is 0.206. The van der Waals surface area contributed by atoms with Gasteiger partial charge in [0.15, 0.2) is 0 Å². The molecule has 0 amide bonds. The van der Waals surface area contributed by atoms with Crippen LogP contribution in [0.4, 0.5) is 0 Å². The molecule has 0 saturated heterocycles. The molecule has 0 radical (unpaired) electrons. The molecule has 0 bridgehead atoms. The van der Waals surface area contributed by atoms with Crippen molar-refractivity contribution in [2.24, 2.45) is 5.73 Å². The van der Waals surface area contributed by atoms with Gasteiger partial charge in [-0.1, -0.05) is 84.4 Å². The molecule has 4 nitrogen and oxygen atoms in total. The molecular formula is C34H34N2O2. The number of fused-ring (bicyclic) bond motifs is 1. The molecule has 0 saturated carbocycles. The van der Waals surface area contributed by atoms with Crippen molar-refractivity contribution in [3.8, 4) is 0 Å². The van der Waals surface area contributed by atoms with Crippen LogP contribution < -0.4 is 5.73 Å². The molecule has 1 heterocycles. The lowest BCUT2D eigenvalue weighted by atomic mass is 9.97.